The quantitative estimate of drug-likeness (QED) is 0.108. The van der Waals surface area contributed by atoms with Crippen molar-refractivity contribution in [2.45, 2.75) is 62.1 Å². The van der Waals surface area contributed by atoms with Gasteiger partial charge in [0.15, 0.2) is 12.2 Å². The molecule has 59 heavy (non-hydrogen) atoms. The molecule has 0 radical (unpaired) electrons. The molecule has 8 N–H and O–H groups in total. The highest BCUT2D eigenvalue weighted by Crippen LogP contribution is 2.21. The first-order chi connectivity index (χ1) is 28.4. The lowest BCUT2D eigenvalue weighted by atomic mass is 9.99. The molecule has 0 fully saturated rings. The fraction of sp³-hybridized carbons (Fsp3) is 0.227. The van der Waals surface area contributed by atoms with Crippen molar-refractivity contribution in [2.24, 2.45) is 0 Å². The molecule has 3 heterocycles. The van der Waals surface area contributed by atoms with Gasteiger partial charge in [0.2, 0.25) is 17.7 Å². The summed E-state index contributed by atoms with van der Waals surface area (Å²) < 4.78 is 0. The van der Waals surface area contributed by atoms with Gasteiger partial charge in [0.05, 0.1) is 0 Å². The van der Waals surface area contributed by atoms with Crippen molar-refractivity contribution in [2.75, 3.05) is 5.32 Å². The van der Waals surface area contributed by atoms with Gasteiger partial charge in [-0.05, 0) is 51.4 Å². The number of anilines is 1. The first-order valence-corrected chi connectivity index (χ1v) is 19.7. The monoisotopic (exact) mass is 817 g/mol. The Morgan fingerprint density at radius 1 is 0.542 bits per heavy atom. The van der Waals surface area contributed by atoms with Gasteiger partial charge in [0.1, 0.15) is 24.2 Å². The van der Waals surface area contributed by atoms with Crippen LogP contribution in [-0.4, -0.2) is 87.2 Å². The Morgan fingerprint density at radius 2 is 1.05 bits per heavy atom. The normalized spacial score (nSPS) is 22.2. The number of nitrogens with one attached hydrogen (secondary N) is 5. The van der Waals surface area contributed by atoms with Gasteiger partial charge >= 0.3 is 5.97 Å². The number of hydrogen-bond acceptors (Lipinski definition) is 9. The number of carboxylic acid groups (broad SMARTS) is 1. The van der Waals surface area contributed by atoms with Crippen molar-refractivity contribution < 1.29 is 44.1 Å². The first-order valence-electron chi connectivity index (χ1n) is 18.8. The lowest BCUT2D eigenvalue weighted by Crippen LogP contribution is -2.60. The van der Waals surface area contributed by atoms with Gasteiger partial charge in [0.25, 0.3) is 11.8 Å². The number of rotatable bonds is 8. The molecular weight excluding hydrogens is 775 g/mol. The first kappa shape index (κ1) is 41.9. The minimum atomic E-state index is -2.30. The van der Waals surface area contributed by atoms with Crippen molar-refractivity contribution in [3.63, 3.8) is 0 Å². The van der Waals surface area contributed by atoms with E-state index in [1.54, 1.807) is 60.0 Å². The molecule has 0 spiro atoms. The van der Waals surface area contributed by atoms with E-state index in [1.807, 2.05) is 42.5 Å². The van der Waals surface area contributed by atoms with E-state index in [2.05, 4.69) is 26.6 Å². The number of aliphatic hydroxyl groups is 2. The number of fused-ring (bicyclic) bond motifs is 18. The molecule has 15 heteroatoms. The van der Waals surface area contributed by atoms with Crippen LogP contribution in [0.2, 0.25) is 0 Å². The van der Waals surface area contributed by atoms with Crippen molar-refractivity contribution in [3.05, 3.63) is 148 Å². The maximum Gasteiger partial charge on any atom is 0.326 e. The van der Waals surface area contributed by atoms with E-state index < -0.39 is 71.9 Å². The summed E-state index contributed by atoms with van der Waals surface area (Å²) >= 11 is 1.29. The average molecular weight is 818 g/mol. The van der Waals surface area contributed by atoms with Crippen molar-refractivity contribution in [1.82, 2.24) is 21.3 Å². The predicted octanol–water partition coefficient (Wildman–Crippen LogP) is 2.38. The van der Waals surface area contributed by atoms with Crippen molar-refractivity contribution in [3.8, 4) is 11.1 Å². The molecule has 0 unspecified atom stereocenters. The Bertz CT molecular complexity index is 2240. The molecule has 2 aliphatic rings. The Labute approximate surface area is 343 Å². The third-order valence-electron chi connectivity index (χ3n) is 9.78. The molecule has 0 saturated carbocycles. The predicted molar refractivity (Wildman–Crippen MR) is 220 cm³/mol. The molecule has 5 aromatic rings. The Morgan fingerprint density at radius 3 is 1.63 bits per heavy atom. The highest BCUT2D eigenvalue weighted by molar-refractivity contribution is 7.09. The lowest BCUT2D eigenvalue weighted by Gasteiger charge is -2.27. The van der Waals surface area contributed by atoms with Gasteiger partial charge in [-0.3, -0.25) is 24.0 Å². The van der Waals surface area contributed by atoms with Crippen molar-refractivity contribution >= 4 is 52.5 Å². The molecule has 14 nitrogen and oxygen atoms in total. The molecule has 6 atom stereocenters. The SMILES string of the molecule is O=C(O)[C@H]1Cc2ccc(cc2)NC(=O)[C@H](O)[C@@H](O)C(=O)N[C@H](Cc2cccs2)C(=O)N[C@H](Cc2ccc(-c3ccccc3)cc2)C(=O)N[C@H](Cc2ccccc2)C(=O)N1. The molecule has 7 rings (SSSR count). The van der Waals surface area contributed by atoms with Gasteiger partial charge in [-0.25, -0.2) is 4.79 Å². The molecule has 5 amide bonds. The van der Waals surface area contributed by atoms with Gasteiger partial charge in [-0.1, -0.05) is 103 Å². The summed E-state index contributed by atoms with van der Waals surface area (Å²) in [6.45, 7) is 0. The number of carbonyl (C=O) groups excluding carboxylic acids is 5. The van der Waals surface area contributed by atoms with Gasteiger partial charge < -0.3 is 41.9 Å². The van der Waals surface area contributed by atoms with Crippen LogP contribution in [-0.2, 0) is 54.5 Å². The second kappa shape index (κ2) is 19.7. The minimum Gasteiger partial charge on any atom is -0.480 e. The highest BCUT2D eigenvalue weighted by atomic mass is 32.1. The smallest absolute Gasteiger partial charge is 0.326 e. The standard InChI is InChI=1S/C44H43N5O9S/c50-37-38(51)43(56)48-35(25-32-12-7-21-59-32)41(54)47-34(23-27-13-17-30(18-14-27)29-10-5-2-6-11-29)39(52)46-33(22-26-8-3-1-4-9-26)40(53)49-36(44(57)58)24-28-15-19-31(20-16-28)45-42(37)55/h1-21,33-38,50-51H,22-25H2,(H,45,55)(H,46,52)(H,47,54)(H,48,56)(H,49,53)(H,57,58)/t33-,34-,35-,36-,37-,38-/m1/s1. The van der Waals surface area contributed by atoms with E-state index in [0.29, 0.717) is 21.6 Å². The molecular formula is C44H43N5O9S. The van der Waals surface area contributed by atoms with Gasteiger partial charge in [-0.15, -0.1) is 11.3 Å². The minimum absolute atomic E-state index is 0.0249. The summed E-state index contributed by atoms with van der Waals surface area (Å²) in [5, 5.41) is 46.3. The van der Waals surface area contributed by atoms with E-state index in [1.165, 1.54) is 35.6 Å². The molecule has 1 aromatic heterocycles. The number of aliphatic hydroxyl groups excluding tert-OH is 2. The number of amides is 5. The summed E-state index contributed by atoms with van der Waals surface area (Å²) in [4.78, 5) is 82.0. The summed E-state index contributed by atoms with van der Waals surface area (Å²) in [6.07, 6.45) is -4.89. The number of carboxylic acids is 1. The number of hydrogen-bond donors (Lipinski definition) is 8. The molecule has 2 aliphatic heterocycles. The van der Waals surface area contributed by atoms with E-state index in [9.17, 15) is 44.1 Å². The van der Waals surface area contributed by atoms with E-state index >= 15 is 0 Å². The maximum atomic E-state index is 14.4. The zero-order valence-corrected chi connectivity index (χ0v) is 32.4. The number of aliphatic carboxylic acids is 1. The van der Waals surface area contributed by atoms with E-state index in [4.69, 9.17) is 0 Å². The summed E-state index contributed by atoms with van der Waals surface area (Å²) in [5.74, 6) is -6.08. The van der Waals surface area contributed by atoms with Crippen LogP contribution in [0.4, 0.5) is 5.69 Å². The number of benzene rings is 4. The van der Waals surface area contributed by atoms with E-state index in [0.717, 1.165) is 11.1 Å². The fourth-order valence-corrected chi connectivity index (χ4v) is 7.30. The number of carbonyl (C=O) groups is 6. The van der Waals surface area contributed by atoms with Gasteiger partial charge in [0, 0.05) is 36.2 Å². The van der Waals surface area contributed by atoms with Crippen LogP contribution < -0.4 is 26.6 Å². The fourth-order valence-electron chi connectivity index (χ4n) is 6.54. The van der Waals surface area contributed by atoms with Crippen LogP contribution in [0.3, 0.4) is 0 Å². The number of thiophene rings is 1. The van der Waals surface area contributed by atoms with Crippen LogP contribution in [0, 0.1) is 0 Å². The largest absolute Gasteiger partial charge is 0.480 e. The third-order valence-corrected chi connectivity index (χ3v) is 10.7. The topological polar surface area (TPSA) is 223 Å². The van der Waals surface area contributed by atoms with Gasteiger partial charge in [-0.2, -0.15) is 0 Å². The van der Waals surface area contributed by atoms with Crippen molar-refractivity contribution in [1.29, 1.82) is 0 Å². The summed E-state index contributed by atoms with van der Waals surface area (Å²) in [7, 11) is 0. The third kappa shape index (κ3) is 11.5. The Hall–Kier alpha value is -6.68. The Kier molecular flexibility index (Phi) is 14.0. The molecule has 304 valence electrons. The zero-order valence-electron chi connectivity index (χ0n) is 31.6. The summed E-state index contributed by atoms with van der Waals surface area (Å²) in [5.41, 5.74) is 3.80. The lowest BCUT2D eigenvalue weighted by molar-refractivity contribution is -0.145. The van der Waals surface area contributed by atoms with Crippen LogP contribution in [0.25, 0.3) is 11.1 Å². The maximum absolute atomic E-state index is 14.4. The van der Waals surface area contributed by atoms with Crippen LogP contribution in [0.5, 0.6) is 0 Å². The van der Waals surface area contributed by atoms with Crippen LogP contribution in [0.1, 0.15) is 21.6 Å². The molecule has 0 aliphatic carbocycles. The van der Waals surface area contributed by atoms with E-state index in [-0.39, 0.29) is 31.4 Å². The van der Waals surface area contributed by atoms with Crippen LogP contribution >= 0.6 is 11.3 Å². The second-order valence-electron chi connectivity index (χ2n) is 14.1. The highest BCUT2D eigenvalue weighted by Gasteiger charge is 2.35. The molecule has 0 saturated heterocycles. The van der Waals surface area contributed by atoms with Crippen LogP contribution in [0.15, 0.2) is 127 Å². The molecule has 4 aromatic carbocycles. The second-order valence-corrected chi connectivity index (χ2v) is 15.1. The average Bonchev–Trinajstić information content (AvgIpc) is 3.76. The summed E-state index contributed by atoms with van der Waals surface area (Å²) in [6, 6.07) is 29.6. The molecule has 2 bridgehead atoms. The zero-order chi connectivity index (χ0) is 41.9. The Balaban J connectivity index is 1.37.